The highest BCUT2D eigenvalue weighted by molar-refractivity contribution is 9.10. The highest BCUT2D eigenvalue weighted by Crippen LogP contribution is 2.32. The first-order valence-corrected chi connectivity index (χ1v) is 7.18. The van der Waals surface area contributed by atoms with E-state index in [0.29, 0.717) is 23.7 Å². The zero-order valence-corrected chi connectivity index (χ0v) is 13.8. The molecule has 112 valence electrons. The molecule has 0 atom stereocenters. The first-order chi connectivity index (χ1) is 10.1. The highest BCUT2D eigenvalue weighted by atomic mass is 79.9. The number of methoxy groups -OCH3 is 2. The number of ether oxygens (including phenoxy) is 2. The number of anilines is 2. The van der Waals surface area contributed by atoms with Gasteiger partial charge in [-0.2, -0.15) is 0 Å². The number of nitrogens with zero attached hydrogens (tertiary/aromatic N) is 2. The van der Waals surface area contributed by atoms with Gasteiger partial charge in [-0.1, -0.05) is 15.9 Å². The molecule has 0 radical (unpaired) electrons. The zero-order chi connectivity index (χ0) is 15.4. The number of benzene rings is 1. The molecule has 21 heavy (non-hydrogen) atoms. The van der Waals surface area contributed by atoms with Crippen molar-refractivity contribution in [3.8, 4) is 11.5 Å². The Morgan fingerprint density at radius 2 is 2.00 bits per heavy atom. The van der Waals surface area contributed by atoms with Gasteiger partial charge in [0.25, 0.3) is 0 Å². The molecular formula is C15H18BrN3O2. The Labute approximate surface area is 132 Å². The van der Waals surface area contributed by atoms with E-state index >= 15 is 0 Å². The average Bonchev–Trinajstić information content (AvgIpc) is 2.46. The Balaban J connectivity index is 2.29. The van der Waals surface area contributed by atoms with Crippen LogP contribution in [0.4, 0.5) is 11.4 Å². The summed E-state index contributed by atoms with van der Waals surface area (Å²) in [5.41, 5.74) is 8.49. The van der Waals surface area contributed by atoms with E-state index in [1.165, 1.54) is 0 Å². The Morgan fingerprint density at radius 1 is 1.24 bits per heavy atom. The lowest BCUT2D eigenvalue weighted by molar-refractivity contribution is 0.349. The molecule has 0 aliphatic heterocycles. The minimum atomic E-state index is 0.562. The quantitative estimate of drug-likeness (QED) is 0.838. The van der Waals surface area contributed by atoms with E-state index in [2.05, 4.69) is 20.9 Å². The number of aromatic nitrogens is 1. The fourth-order valence-electron chi connectivity index (χ4n) is 2.15. The second kappa shape index (κ2) is 6.67. The van der Waals surface area contributed by atoms with Gasteiger partial charge in [0, 0.05) is 23.8 Å². The van der Waals surface area contributed by atoms with Crippen LogP contribution in [0, 0.1) is 0 Å². The van der Waals surface area contributed by atoms with Gasteiger partial charge >= 0.3 is 0 Å². The number of hydrogen-bond donors (Lipinski definition) is 1. The monoisotopic (exact) mass is 351 g/mol. The number of nitrogens with two attached hydrogens (primary N) is 1. The summed E-state index contributed by atoms with van der Waals surface area (Å²) in [5.74, 6) is 1.31. The van der Waals surface area contributed by atoms with Crippen molar-refractivity contribution in [2.75, 3.05) is 31.9 Å². The molecule has 2 aromatic rings. The lowest BCUT2D eigenvalue weighted by Crippen LogP contribution is -2.19. The SMILES string of the molecule is COc1ccnc(CN(C)c2ccc(Br)cc2N)c1OC. The van der Waals surface area contributed by atoms with E-state index in [9.17, 15) is 0 Å². The Kier molecular flexibility index (Phi) is 4.90. The van der Waals surface area contributed by atoms with E-state index < -0.39 is 0 Å². The van der Waals surface area contributed by atoms with Gasteiger partial charge in [0.2, 0.25) is 0 Å². The third-order valence-corrected chi connectivity index (χ3v) is 3.65. The molecule has 0 bridgehead atoms. The summed E-state index contributed by atoms with van der Waals surface area (Å²) in [4.78, 5) is 6.39. The zero-order valence-electron chi connectivity index (χ0n) is 12.3. The van der Waals surface area contributed by atoms with Gasteiger partial charge in [0.15, 0.2) is 11.5 Å². The molecule has 0 saturated heterocycles. The maximum atomic E-state index is 6.05. The molecule has 6 heteroatoms. The van der Waals surface area contributed by atoms with Crippen LogP contribution < -0.4 is 20.1 Å². The number of halogens is 1. The van der Waals surface area contributed by atoms with Crippen molar-refractivity contribution in [2.24, 2.45) is 0 Å². The number of nitrogen functional groups attached to an aromatic ring is 1. The van der Waals surface area contributed by atoms with E-state index in [1.54, 1.807) is 26.5 Å². The van der Waals surface area contributed by atoms with Crippen LogP contribution in [0.15, 0.2) is 34.9 Å². The summed E-state index contributed by atoms with van der Waals surface area (Å²) in [6.45, 7) is 0.562. The van der Waals surface area contributed by atoms with E-state index in [0.717, 1.165) is 15.9 Å². The summed E-state index contributed by atoms with van der Waals surface area (Å²) in [6, 6.07) is 7.57. The lowest BCUT2D eigenvalue weighted by atomic mass is 10.2. The van der Waals surface area contributed by atoms with E-state index in [4.69, 9.17) is 15.2 Å². The van der Waals surface area contributed by atoms with Gasteiger partial charge in [-0.05, 0) is 18.2 Å². The van der Waals surface area contributed by atoms with Crippen LogP contribution in [-0.2, 0) is 6.54 Å². The predicted molar refractivity (Wildman–Crippen MR) is 88.0 cm³/mol. The van der Waals surface area contributed by atoms with Crippen LogP contribution in [0.25, 0.3) is 0 Å². The lowest BCUT2D eigenvalue weighted by Gasteiger charge is -2.22. The minimum Gasteiger partial charge on any atom is -0.493 e. The first-order valence-electron chi connectivity index (χ1n) is 6.38. The van der Waals surface area contributed by atoms with E-state index in [-0.39, 0.29) is 0 Å². The second-order valence-electron chi connectivity index (χ2n) is 4.55. The standard InChI is InChI=1S/C15H18BrN3O2/c1-19(13-5-4-10(16)8-11(13)17)9-12-15(21-3)14(20-2)6-7-18-12/h4-8H,9,17H2,1-3H3. The van der Waals surface area contributed by atoms with Crippen LogP contribution in [-0.4, -0.2) is 26.3 Å². The normalized spacial score (nSPS) is 10.3. The van der Waals surface area contributed by atoms with Gasteiger partial charge < -0.3 is 20.1 Å². The van der Waals surface area contributed by atoms with Crippen molar-refractivity contribution in [3.63, 3.8) is 0 Å². The van der Waals surface area contributed by atoms with Gasteiger partial charge in [-0.3, -0.25) is 4.98 Å². The molecule has 0 fully saturated rings. The maximum absolute atomic E-state index is 6.05. The molecule has 1 aromatic carbocycles. The Morgan fingerprint density at radius 3 is 2.62 bits per heavy atom. The van der Waals surface area contributed by atoms with Gasteiger partial charge in [-0.25, -0.2) is 0 Å². The Hall–Kier alpha value is -1.95. The molecule has 1 aromatic heterocycles. The largest absolute Gasteiger partial charge is 0.493 e. The fourth-order valence-corrected chi connectivity index (χ4v) is 2.52. The molecule has 0 aliphatic carbocycles. The molecule has 1 heterocycles. The fraction of sp³-hybridized carbons (Fsp3) is 0.267. The first kappa shape index (κ1) is 15.4. The summed E-state index contributed by atoms with van der Waals surface area (Å²) in [7, 11) is 5.18. The molecule has 5 nitrogen and oxygen atoms in total. The van der Waals surface area contributed by atoms with Crippen LogP contribution in [0.1, 0.15) is 5.69 Å². The minimum absolute atomic E-state index is 0.562. The van der Waals surface area contributed by atoms with Crippen molar-refractivity contribution < 1.29 is 9.47 Å². The number of rotatable bonds is 5. The van der Waals surface area contributed by atoms with Gasteiger partial charge in [0.05, 0.1) is 32.1 Å². The van der Waals surface area contributed by atoms with E-state index in [1.807, 2.05) is 30.1 Å². The summed E-state index contributed by atoms with van der Waals surface area (Å²) in [5, 5.41) is 0. The molecule has 0 unspecified atom stereocenters. The van der Waals surface area contributed by atoms with Crippen LogP contribution in [0.3, 0.4) is 0 Å². The van der Waals surface area contributed by atoms with Crippen molar-refractivity contribution in [1.29, 1.82) is 0 Å². The average molecular weight is 352 g/mol. The molecule has 2 N–H and O–H groups in total. The van der Waals surface area contributed by atoms with Crippen molar-refractivity contribution in [1.82, 2.24) is 4.98 Å². The molecule has 0 saturated carbocycles. The Bertz CT molecular complexity index is 634. The third-order valence-electron chi connectivity index (χ3n) is 3.15. The van der Waals surface area contributed by atoms with Crippen LogP contribution >= 0.6 is 15.9 Å². The summed E-state index contributed by atoms with van der Waals surface area (Å²) >= 11 is 3.41. The van der Waals surface area contributed by atoms with Crippen LogP contribution in [0.5, 0.6) is 11.5 Å². The molecule has 0 spiro atoms. The topological polar surface area (TPSA) is 60.6 Å². The van der Waals surface area contributed by atoms with Gasteiger partial charge in [0.1, 0.15) is 5.69 Å². The predicted octanol–water partition coefficient (Wildman–Crippen LogP) is 3.08. The van der Waals surface area contributed by atoms with Crippen LogP contribution in [0.2, 0.25) is 0 Å². The molecular weight excluding hydrogens is 334 g/mol. The third kappa shape index (κ3) is 3.39. The summed E-state index contributed by atoms with van der Waals surface area (Å²) in [6.07, 6.45) is 1.70. The number of pyridine rings is 1. The molecule has 2 rings (SSSR count). The maximum Gasteiger partial charge on any atom is 0.184 e. The molecule has 0 aliphatic rings. The van der Waals surface area contributed by atoms with Crippen molar-refractivity contribution in [2.45, 2.75) is 6.54 Å². The summed E-state index contributed by atoms with van der Waals surface area (Å²) < 4.78 is 11.6. The van der Waals surface area contributed by atoms with Crippen molar-refractivity contribution >= 4 is 27.3 Å². The second-order valence-corrected chi connectivity index (χ2v) is 5.47. The highest BCUT2D eigenvalue weighted by Gasteiger charge is 2.14. The molecule has 0 amide bonds. The number of hydrogen-bond acceptors (Lipinski definition) is 5. The van der Waals surface area contributed by atoms with Crippen molar-refractivity contribution in [3.05, 3.63) is 40.6 Å². The smallest absolute Gasteiger partial charge is 0.184 e. The van der Waals surface area contributed by atoms with Gasteiger partial charge in [-0.15, -0.1) is 0 Å².